The number of carbonyl (C=O) groups excluding carboxylic acids is 6. The molecular weight excluding hydrogens is 1440 g/mol. The van der Waals surface area contributed by atoms with Crippen molar-refractivity contribution >= 4 is 51.3 Å². The number of aromatic nitrogens is 2. The molecule has 4 N–H and O–H groups in total. The van der Waals surface area contributed by atoms with Crippen molar-refractivity contribution in [2.24, 2.45) is 0 Å². The molecule has 0 spiro atoms. The molecule has 2 heterocycles. The fourth-order valence-electron chi connectivity index (χ4n) is 13.1. The number of ether oxygens (including phenoxy) is 4. The van der Waals surface area contributed by atoms with E-state index in [1.165, 1.54) is 268 Å². The van der Waals surface area contributed by atoms with Gasteiger partial charge in [0.2, 0.25) is 0 Å². The summed E-state index contributed by atoms with van der Waals surface area (Å²) in [6.07, 6.45) is 61.5. The second-order valence-corrected chi connectivity index (χ2v) is 33.0. The SMILES string of the molecule is CCCCCCCCCCCCCCCC(=O)OCC(COP(=O)(O)OCCNC(=O)c1ccnc(-c2cc(C(=O)NCCOP(=O)(O)OCC(COC(=O)CCCCCCCCCCCCCCC)OC(=O)CCCCCCCCCCCCCCC)ccn2)c1)OC(=O)CCCCCCCCCCCCCCC. The summed E-state index contributed by atoms with van der Waals surface area (Å²) < 4.78 is 69.3. The van der Waals surface area contributed by atoms with Crippen molar-refractivity contribution in [2.45, 2.75) is 399 Å². The molecule has 0 fully saturated rings. The fourth-order valence-corrected chi connectivity index (χ4v) is 14.6. The Morgan fingerprint density at radius 1 is 0.327 bits per heavy atom. The molecule has 0 aliphatic carbocycles. The summed E-state index contributed by atoms with van der Waals surface area (Å²) >= 11 is 0. The molecule has 0 radical (unpaired) electrons. The van der Waals surface area contributed by atoms with E-state index in [0.29, 0.717) is 25.7 Å². The minimum atomic E-state index is -4.77. The summed E-state index contributed by atoms with van der Waals surface area (Å²) in [7, 11) is -9.54. The van der Waals surface area contributed by atoms with Crippen molar-refractivity contribution in [2.75, 3.05) is 52.7 Å². The average Bonchev–Trinajstić information content (AvgIpc) is 0.832. The third kappa shape index (κ3) is 60.9. The molecule has 4 unspecified atom stereocenters. The third-order valence-corrected chi connectivity index (χ3v) is 21.8. The zero-order valence-electron chi connectivity index (χ0n) is 69.1. The lowest BCUT2D eigenvalue weighted by Gasteiger charge is -2.20. The number of rotatable bonds is 79. The Kier molecular flexibility index (Phi) is 65.4. The van der Waals surface area contributed by atoms with Gasteiger partial charge in [-0.2, -0.15) is 0 Å². The number of phosphoric acid groups is 2. The standard InChI is InChI=1S/C86H152N4O18P2/c1-5-9-13-17-21-25-29-33-37-41-45-49-53-57-81(91)101-71-77(107-83(93)59-55-51-47-43-39-35-31-27-23-19-15-11-7-3)73-105-109(97,98)103-67-65-89-85(95)75-61-63-87-79(69-75)80-70-76(62-64-88-80)86(96)90-66-68-104-110(99,100)106-74-78(108-84(94)60-56-52-48-44-40-36-32-28-24-20-16-12-8-4)72-102-82(92)58-54-50-46-42-38-34-30-26-22-18-14-10-6-2/h61-64,69-70,77-78H,5-60,65-68,71-74H2,1-4H3,(H,89,95)(H,90,96)(H,97,98)(H,99,100). The number of unbranched alkanes of at least 4 members (excludes halogenated alkanes) is 48. The van der Waals surface area contributed by atoms with Gasteiger partial charge in [-0.05, 0) is 49.9 Å². The maximum atomic E-state index is 13.3. The lowest BCUT2D eigenvalue weighted by atomic mass is 10.0. The predicted molar refractivity (Wildman–Crippen MR) is 439 cm³/mol. The summed E-state index contributed by atoms with van der Waals surface area (Å²) in [5, 5.41) is 5.24. The molecule has 4 atom stereocenters. The van der Waals surface area contributed by atoms with Gasteiger partial charge in [0.15, 0.2) is 12.2 Å². The first-order chi connectivity index (χ1) is 53.5. The van der Waals surface area contributed by atoms with Crippen LogP contribution in [0.3, 0.4) is 0 Å². The van der Waals surface area contributed by atoms with Crippen LogP contribution in [0, 0.1) is 0 Å². The number of esters is 4. The van der Waals surface area contributed by atoms with E-state index < -0.39 is 90.0 Å². The number of amides is 2. The first kappa shape index (κ1) is 101. The van der Waals surface area contributed by atoms with Gasteiger partial charge in [-0.15, -0.1) is 0 Å². The van der Waals surface area contributed by atoms with Crippen molar-refractivity contribution in [1.82, 2.24) is 20.6 Å². The van der Waals surface area contributed by atoms with E-state index in [4.69, 9.17) is 37.0 Å². The van der Waals surface area contributed by atoms with Crippen LogP contribution in [0.5, 0.6) is 0 Å². The quantitative estimate of drug-likeness (QED) is 0.0207. The van der Waals surface area contributed by atoms with Crippen molar-refractivity contribution in [1.29, 1.82) is 0 Å². The van der Waals surface area contributed by atoms with Gasteiger partial charge in [0.25, 0.3) is 11.8 Å². The van der Waals surface area contributed by atoms with Gasteiger partial charge in [0, 0.05) is 62.3 Å². The minimum Gasteiger partial charge on any atom is -0.462 e. The molecule has 2 rings (SSSR count). The van der Waals surface area contributed by atoms with Crippen LogP contribution in [0.1, 0.15) is 408 Å². The lowest BCUT2D eigenvalue weighted by molar-refractivity contribution is -0.161. The Labute approximate surface area is 664 Å². The van der Waals surface area contributed by atoms with Crippen molar-refractivity contribution in [3.63, 3.8) is 0 Å². The highest BCUT2D eigenvalue weighted by Crippen LogP contribution is 2.44. The summed E-state index contributed by atoms with van der Waals surface area (Å²) in [4.78, 5) is 108. The summed E-state index contributed by atoms with van der Waals surface area (Å²) in [6.45, 7) is 5.68. The normalized spacial score (nSPS) is 13.1. The summed E-state index contributed by atoms with van der Waals surface area (Å²) in [6, 6.07) is 5.76. The van der Waals surface area contributed by atoms with E-state index in [9.17, 15) is 47.7 Å². The molecular formula is C86H152N4O18P2. The maximum Gasteiger partial charge on any atom is 0.472 e. The molecule has 2 aromatic heterocycles. The van der Waals surface area contributed by atoms with Crippen LogP contribution in [0.4, 0.5) is 0 Å². The van der Waals surface area contributed by atoms with E-state index in [1.54, 1.807) is 0 Å². The van der Waals surface area contributed by atoms with Crippen molar-refractivity contribution in [3.8, 4) is 11.4 Å². The Bertz CT molecular complexity index is 2550. The molecule has 110 heavy (non-hydrogen) atoms. The number of hydrogen-bond acceptors (Lipinski definition) is 18. The predicted octanol–water partition coefficient (Wildman–Crippen LogP) is 22.7. The van der Waals surface area contributed by atoms with Gasteiger partial charge < -0.3 is 39.4 Å². The number of carbonyl (C=O) groups is 6. The molecule has 634 valence electrons. The van der Waals surface area contributed by atoms with Crippen LogP contribution in [0.2, 0.25) is 0 Å². The highest BCUT2D eigenvalue weighted by atomic mass is 31.2. The second kappa shape index (κ2) is 70.9. The second-order valence-electron chi connectivity index (χ2n) is 30.1. The van der Waals surface area contributed by atoms with Crippen LogP contribution < -0.4 is 10.6 Å². The molecule has 0 aliphatic rings. The maximum absolute atomic E-state index is 13.3. The van der Waals surface area contributed by atoms with E-state index in [1.807, 2.05) is 0 Å². The molecule has 24 heteroatoms. The van der Waals surface area contributed by atoms with Crippen LogP contribution in [0.25, 0.3) is 11.4 Å². The highest BCUT2D eigenvalue weighted by molar-refractivity contribution is 7.47. The molecule has 0 bridgehead atoms. The van der Waals surface area contributed by atoms with Gasteiger partial charge >= 0.3 is 39.5 Å². The first-order valence-electron chi connectivity index (χ1n) is 43.9. The zero-order valence-corrected chi connectivity index (χ0v) is 70.9. The van der Waals surface area contributed by atoms with Crippen LogP contribution >= 0.6 is 15.6 Å². The van der Waals surface area contributed by atoms with Gasteiger partial charge in [-0.3, -0.25) is 56.8 Å². The number of nitrogens with one attached hydrogen (secondary N) is 2. The lowest BCUT2D eigenvalue weighted by Crippen LogP contribution is -2.30. The smallest absolute Gasteiger partial charge is 0.462 e. The topological polar surface area (TPSA) is 301 Å². The van der Waals surface area contributed by atoms with Gasteiger partial charge in [0.05, 0.1) is 37.8 Å². The Morgan fingerprint density at radius 2 is 0.555 bits per heavy atom. The minimum absolute atomic E-state index is 0.135. The molecule has 0 saturated carbocycles. The van der Waals surface area contributed by atoms with Gasteiger partial charge in [-0.1, -0.05) is 336 Å². The number of phosphoric ester groups is 2. The van der Waals surface area contributed by atoms with Crippen LogP contribution in [-0.2, 0) is 65.4 Å². The Hall–Kier alpha value is -4.66. The Balaban J connectivity index is 1.89. The summed E-state index contributed by atoms with van der Waals surface area (Å²) in [5.41, 5.74) is 0.754. The van der Waals surface area contributed by atoms with Crippen molar-refractivity contribution < 1.29 is 84.7 Å². The third-order valence-electron chi connectivity index (χ3n) is 19.8. The summed E-state index contributed by atoms with van der Waals surface area (Å²) in [5.74, 6) is -3.16. The van der Waals surface area contributed by atoms with Crippen LogP contribution in [-0.4, -0.2) is 120 Å². The molecule has 2 aromatic rings. The zero-order chi connectivity index (χ0) is 79.9. The number of hydrogen-bond donors (Lipinski definition) is 4. The largest absolute Gasteiger partial charge is 0.472 e. The Morgan fingerprint density at radius 3 is 0.800 bits per heavy atom. The van der Waals surface area contributed by atoms with E-state index in [0.717, 1.165) is 77.0 Å². The van der Waals surface area contributed by atoms with E-state index in [2.05, 4.69) is 48.3 Å². The first-order valence-corrected chi connectivity index (χ1v) is 46.9. The highest BCUT2D eigenvalue weighted by Gasteiger charge is 2.28. The number of pyridine rings is 2. The van der Waals surface area contributed by atoms with Crippen LogP contribution in [0.15, 0.2) is 36.7 Å². The number of nitrogens with zero attached hydrogens (tertiary/aromatic N) is 2. The van der Waals surface area contributed by atoms with Gasteiger partial charge in [0.1, 0.15) is 13.2 Å². The fraction of sp³-hybridized carbons (Fsp3) is 0.814. The molecule has 0 aromatic carbocycles. The molecule has 0 saturated heterocycles. The molecule has 2 amide bonds. The monoisotopic (exact) mass is 1590 g/mol. The van der Waals surface area contributed by atoms with Crippen molar-refractivity contribution in [3.05, 3.63) is 47.8 Å². The van der Waals surface area contributed by atoms with E-state index in [-0.39, 0.29) is 74.5 Å². The van der Waals surface area contributed by atoms with Gasteiger partial charge in [-0.25, -0.2) is 9.13 Å². The molecule has 0 aliphatic heterocycles. The average molecular weight is 1590 g/mol. The van der Waals surface area contributed by atoms with E-state index >= 15 is 0 Å². The molecule has 22 nitrogen and oxygen atoms in total.